The lowest BCUT2D eigenvalue weighted by Crippen LogP contribution is -2.19. The van der Waals surface area contributed by atoms with Crippen LogP contribution >= 0.6 is 15.9 Å². The van der Waals surface area contributed by atoms with Crippen molar-refractivity contribution in [3.8, 4) is 5.75 Å². The summed E-state index contributed by atoms with van der Waals surface area (Å²) in [5.41, 5.74) is 5.14. The fraction of sp³-hybridized carbons (Fsp3) is 0.0476. The zero-order valence-electron chi connectivity index (χ0n) is 14.5. The first-order valence-corrected chi connectivity index (χ1v) is 9.15. The van der Waals surface area contributed by atoms with E-state index in [2.05, 4.69) is 31.4 Å². The van der Waals surface area contributed by atoms with E-state index in [4.69, 9.17) is 0 Å². The van der Waals surface area contributed by atoms with Crippen LogP contribution in [0.1, 0.15) is 23.0 Å². The van der Waals surface area contributed by atoms with Gasteiger partial charge in [0.25, 0.3) is 5.91 Å². The first kappa shape index (κ1) is 17.3. The van der Waals surface area contributed by atoms with Crippen molar-refractivity contribution in [3.63, 3.8) is 0 Å². The average Bonchev–Trinajstić information content (AvgIpc) is 3.08. The number of carbonyl (C=O) groups excluding carboxylic acids is 1. The highest BCUT2D eigenvalue weighted by Gasteiger charge is 2.12. The van der Waals surface area contributed by atoms with Crippen LogP contribution in [0.5, 0.6) is 5.75 Å². The molecule has 0 bridgehead atoms. The summed E-state index contributed by atoms with van der Waals surface area (Å²) in [6.45, 7) is 1.81. The van der Waals surface area contributed by atoms with Crippen molar-refractivity contribution in [1.29, 1.82) is 0 Å². The molecule has 0 fully saturated rings. The van der Waals surface area contributed by atoms with Crippen LogP contribution in [0.2, 0.25) is 0 Å². The van der Waals surface area contributed by atoms with E-state index in [9.17, 15) is 9.90 Å². The molecule has 4 rings (SSSR count). The number of amides is 1. The molecule has 0 saturated carbocycles. The van der Waals surface area contributed by atoms with Crippen molar-refractivity contribution in [2.75, 3.05) is 0 Å². The third-order valence-electron chi connectivity index (χ3n) is 4.41. The third-order valence-corrected chi connectivity index (χ3v) is 4.90. The van der Waals surface area contributed by atoms with Crippen molar-refractivity contribution >= 4 is 49.2 Å². The number of hydrogen-bond donors (Lipinski definition) is 3. The van der Waals surface area contributed by atoms with E-state index < -0.39 is 5.91 Å². The van der Waals surface area contributed by atoms with Gasteiger partial charge in [0, 0.05) is 15.4 Å². The van der Waals surface area contributed by atoms with E-state index in [1.54, 1.807) is 19.1 Å². The maximum absolute atomic E-state index is 12.5. The van der Waals surface area contributed by atoms with Crippen LogP contribution in [0.15, 0.2) is 70.2 Å². The fourth-order valence-electron chi connectivity index (χ4n) is 2.96. The molecular formula is C21H16BrN3O2. The number of nitrogens with one attached hydrogen (secondary N) is 2. The summed E-state index contributed by atoms with van der Waals surface area (Å²) in [5, 5.41) is 17.1. The predicted molar refractivity (Wildman–Crippen MR) is 111 cm³/mol. The normalized spacial score (nSPS) is 11.9. The summed E-state index contributed by atoms with van der Waals surface area (Å²) in [5.74, 6) is -0.536. The minimum absolute atomic E-state index is 0.0745. The highest BCUT2D eigenvalue weighted by molar-refractivity contribution is 9.10. The van der Waals surface area contributed by atoms with Gasteiger partial charge in [0.15, 0.2) is 0 Å². The maximum atomic E-state index is 12.5. The smallest absolute Gasteiger partial charge is 0.275 e. The Morgan fingerprint density at radius 1 is 1.04 bits per heavy atom. The number of phenolic OH excluding ortho intramolecular Hbond substituents is 1. The first-order valence-electron chi connectivity index (χ1n) is 8.36. The Morgan fingerprint density at radius 3 is 2.56 bits per heavy atom. The summed E-state index contributed by atoms with van der Waals surface area (Å²) in [7, 11) is 0. The Labute approximate surface area is 163 Å². The topological polar surface area (TPSA) is 77.5 Å². The zero-order valence-corrected chi connectivity index (χ0v) is 16.0. The molecule has 0 aliphatic carbocycles. The second kappa shape index (κ2) is 6.89. The van der Waals surface area contributed by atoms with Gasteiger partial charge in [-0.1, -0.05) is 40.2 Å². The largest absolute Gasteiger partial charge is 0.507 e. The van der Waals surface area contributed by atoms with Crippen LogP contribution < -0.4 is 5.43 Å². The SMILES string of the molecule is C/C(=N\NC(=O)c1cc2ccccc2cc1O)c1cc2cc(Br)ccc2[nH]1. The molecule has 1 amide bonds. The van der Waals surface area contributed by atoms with Gasteiger partial charge < -0.3 is 10.1 Å². The number of fused-ring (bicyclic) bond motifs is 2. The predicted octanol–water partition coefficient (Wildman–Crippen LogP) is 4.94. The number of carbonyl (C=O) groups is 1. The van der Waals surface area contributed by atoms with Crippen LogP contribution in [-0.4, -0.2) is 21.7 Å². The van der Waals surface area contributed by atoms with Crippen LogP contribution in [-0.2, 0) is 0 Å². The molecule has 0 radical (unpaired) electrons. The molecule has 3 aromatic carbocycles. The first-order chi connectivity index (χ1) is 13.0. The van der Waals surface area contributed by atoms with Gasteiger partial charge in [0.05, 0.1) is 17.0 Å². The molecule has 134 valence electrons. The quantitative estimate of drug-likeness (QED) is 0.323. The molecule has 1 aromatic heterocycles. The van der Waals surface area contributed by atoms with Gasteiger partial charge in [-0.2, -0.15) is 5.10 Å². The Balaban J connectivity index is 1.59. The molecular weight excluding hydrogens is 406 g/mol. The molecule has 0 spiro atoms. The second-order valence-corrected chi connectivity index (χ2v) is 7.18. The van der Waals surface area contributed by atoms with Crippen molar-refractivity contribution in [2.24, 2.45) is 5.10 Å². The third kappa shape index (κ3) is 3.44. The molecule has 1 heterocycles. The molecule has 0 atom stereocenters. The highest BCUT2D eigenvalue weighted by Crippen LogP contribution is 2.25. The Bertz CT molecular complexity index is 1210. The van der Waals surface area contributed by atoms with Crippen molar-refractivity contribution in [3.05, 3.63) is 76.4 Å². The molecule has 0 saturated heterocycles. The molecule has 0 aliphatic rings. The molecule has 0 aliphatic heterocycles. The summed E-state index contributed by atoms with van der Waals surface area (Å²) < 4.78 is 0.996. The minimum atomic E-state index is -0.462. The van der Waals surface area contributed by atoms with Crippen LogP contribution in [0.4, 0.5) is 0 Å². The van der Waals surface area contributed by atoms with Gasteiger partial charge >= 0.3 is 0 Å². The van der Waals surface area contributed by atoms with E-state index in [0.29, 0.717) is 5.71 Å². The number of rotatable bonds is 3. The van der Waals surface area contributed by atoms with Crippen molar-refractivity contribution in [1.82, 2.24) is 10.4 Å². The van der Waals surface area contributed by atoms with Crippen LogP contribution in [0.3, 0.4) is 0 Å². The lowest BCUT2D eigenvalue weighted by Gasteiger charge is -2.06. The van der Waals surface area contributed by atoms with Crippen molar-refractivity contribution in [2.45, 2.75) is 6.92 Å². The van der Waals surface area contributed by atoms with Crippen LogP contribution in [0, 0.1) is 0 Å². The van der Waals surface area contributed by atoms with Gasteiger partial charge in [0.1, 0.15) is 5.75 Å². The number of hydrogen-bond acceptors (Lipinski definition) is 3. The number of hydrazone groups is 1. The van der Waals surface area contributed by atoms with E-state index in [1.807, 2.05) is 48.5 Å². The van der Waals surface area contributed by atoms with Gasteiger partial charge in [-0.3, -0.25) is 4.79 Å². The standard InChI is InChI=1S/C21H16BrN3O2/c1-12(19-10-15-8-16(22)6-7-18(15)23-19)24-25-21(27)17-9-13-4-2-3-5-14(13)11-20(17)26/h2-11,23,26H,1H3,(H,25,27)/b24-12+. The summed E-state index contributed by atoms with van der Waals surface area (Å²) >= 11 is 3.45. The number of nitrogens with zero attached hydrogens (tertiary/aromatic N) is 1. The lowest BCUT2D eigenvalue weighted by atomic mass is 10.1. The number of halogens is 1. The Kier molecular flexibility index (Phi) is 4.41. The Morgan fingerprint density at radius 2 is 1.78 bits per heavy atom. The zero-order chi connectivity index (χ0) is 19.0. The Hall–Kier alpha value is -3.12. The van der Waals surface area contributed by atoms with Gasteiger partial charge in [-0.05, 0) is 54.1 Å². The van der Waals surface area contributed by atoms with Gasteiger partial charge in [-0.15, -0.1) is 0 Å². The van der Waals surface area contributed by atoms with E-state index in [0.717, 1.165) is 31.8 Å². The van der Waals surface area contributed by atoms with Gasteiger partial charge in [-0.25, -0.2) is 5.43 Å². The number of aromatic hydroxyl groups is 1. The maximum Gasteiger partial charge on any atom is 0.275 e. The van der Waals surface area contributed by atoms with Crippen molar-refractivity contribution < 1.29 is 9.90 Å². The van der Waals surface area contributed by atoms with E-state index in [-0.39, 0.29) is 11.3 Å². The molecule has 3 N–H and O–H groups in total. The molecule has 5 nitrogen and oxygen atoms in total. The lowest BCUT2D eigenvalue weighted by molar-refractivity contribution is 0.0952. The fourth-order valence-corrected chi connectivity index (χ4v) is 3.34. The molecule has 27 heavy (non-hydrogen) atoms. The van der Waals surface area contributed by atoms with E-state index >= 15 is 0 Å². The van der Waals surface area contributed by atoms with Crippen LogP contribution in [0.25, 0.3) is 21.7 Å². The number of H-pyrrole nitrogens is 1. The van der Waals surface area contributed by atoms with Gasteiger partial charge in [0.2, 0.25) is 0 Å². The summed E-state index contributed by atoms with van der Waals surface area (Å²) in [6.07, 6.45) is 0. The molecule has 6 heteroatoms. The van der Waals surface area contributed by atoms with E-state index in [1.165, 1.54) is 0 Å². The monoisotopic (exact) mass is 421 g/mol. The second-order valence-electron chi connectivity index (χ2n) is 6.27. The minimum Gasteiger partial charge on any atom is -0.507 e. The average molecular weight is 422 g/mol. The number of aromatic nitrogens is 1. The number of aromatic amines is 1. The number of benzene rings is 3. The highest BCUT2D eigenvalue weighted by atomic mass is 79.9. The summed E-state index contributed by atoms with van der Waals surface area (Å²) in [6, 6.07) is 18.7. The number of phenols is 1. The molecule has 4 aromatic rings. The summed E-state index contributed by atoms with van der Waals surface area (Å²) in [4.78, 5) is 15.7. The molecule has 0 unspecified atom stereocenters.